The monoisotopic (exact) mass is 266 g/mol. The average Bonchev–Trinajstić information content (AvgIpc) is 2.86. The number of hydrogen-bond acceptors (Lipinski definition) is 1. The lowest BCUT2D eigenvalue weighted by Gasteiger charge is -2.21. The molecule has 0 bridgehead atoms. The Morgan fingerprint density at radius 2 is 2.00 bits per heavy atom. The van der Waals surface area contributed by atoms with Crippen LogP contribution in [0.3, 0.4) is 0 Å². The van der Waals surface area contributed by atoms with Gasteiger partial charge < -0.3 is 4.74 Å². The summed E-state index contributed by atoms with van der Waals surface area (Å²) in [6.45, 7) is 5.99. The van der Waals surface area contributed by atoms with Crippen LogP contribution in [0.2, 0.25) is 0 Å². The van der Waals surface area contributed by atoms with E-state index in [0.717, 1.165) is 19.6 Å². The molecule has 0 saturated carbocycles. The highest BCUT2D eigenvalue weighted by Crippen LogP contribution is 2.36. The summed E-state index contributed by atoms with van der Waals surface area (Å²) in [6.07, 6.45) is 4.91. The van der Waals surface area contributed by atoms with E-state index in [1.165, 1.54) is 36.0 Å². The fraction of sp³-hybridized carbons (Fsp3) is 0.625. The van der Waals surface area contributed by atoms with Crippen molar-refractivity contribution in [2.45, 2.75) is 58.1 Å². The van der Waals surface area contributed by atoms with Crippen LogP contribution in [-0.4, -0.2) is 0 Å². The molecule has 1 aromatic rings. The summed E-state index contributed by atoms with van der Waals surface area (Å²) in [4.78, 5) is 0. The Bertz CT molecular complexity index is 389. The number of halogens is 1. The number of fused-ring (bicyclic) bond motifs is 1. The van der Waals surface area contributed by atoms with Crippen molar-refractivity contribution in [3.05, 3.63) is 34.9 Å². The van der Waals surface area contributed by atoms with Gasteiger partial charge in [-0.1, -0.05) is 51.3 Å². The molecule has 0 saturated heterocycles. The Balaban J connectivity index is 2.09. The molecule has 0 aromatic heterocycles. The first-order chi connectivity index (χ1) is 8.76. The Morgan fingerprint density at radius 1 is 1.22 bits per heavy atom. The number of benzene rings is 1. The van der Waals surface area contributed by atoms with Gasteiger partial charge in [0.25, 0.3) is 0 Å². The van der Waals surface area contributed by atoms with Gasteiger partial charge in [-0.05, 0) is 29.0 Å². The molecule has 18 heavy (non-hydrogen) atoms. The maximum absolute atomic E-state index is 6.67. The minimum atomic E-state index is 0.146. The number of hydrogen-bond donors (Lipinski definition) is 0. The molecule has 0 N–H and O–H groups in total. The molecule has 1 aliphatic rings. The van der Waals surface area contributed by atoms with Crippen LogP contribution in [-0.2, 0) is 18.0 Å². The highest BCUT2D eigenvalue weighted by molar-refractivity contribution is 6.21. The predicted octanol–water partition coefficient (Wildman–Crippen LogP) is 5.21. The van der Waals surface area contributed by atoms with E-state index >= 15 is 0 Å². The molecule has 0 fully saturated rings. The van der Waals surface area contributed by atoms with Crippen molar-refractivity contribution in [1.29, 1.82) is 0 Å². The van der Waals surface area contributed by atoms with Crippen molar-refractivity contribution in [3.63, 3.8) is 0 Å². The first-order valence-corrected chi connectivity index (χ1v) is 7.53. The maximum atomic E-state index is 6.67. The van der Waals surface area contributed by atoms with Gasteiger partial charge in [-0.25, -0.2) is 0 Å². The van der Waals surface area contributed by atoms with Crippen molar-refractivity contribution in [1.82, 2.24) is 0 Å². The third-order valence-electron chi connectivity index (χ3n) is 3.93. The van der Waals surface area contributed by atoms with Crippen LogP contribution in [0.1, 0.15) is 61.6 Å². The fourth-order valence-electron chi connectivity index (χ4n) is 2.66. The molecule has 1 nitrogen and oxygen atoms in total. The third-order valence-corrected chi connectivity index (χ3v) is 4.54. The summed E-state index contributed by atoms with van der Waals surface area (Å²) in [6, 6.07) is 6.61. The summed E-state index contributed by atoms with van der Waals surface area (Å²) < 4.78 is 5.46. The molecule has 1 aromatic carbocycles. The standard InChI is InChI=1S/C16H23ClO/c1-3-5-6-12(4-2)16(17)13-7-8-14-10-18-11-15(14)9-13/h7-9,12,16H,3-6,10-11H2,1-2H3. The van der Waals surface area contributed by atoms with Gasteiger partial charge in [0.1, 0.15) is 0 Å². The lowest BCUT2D eigenvalue weighted by atomic mass is 9.90. The van der Waals surface area contributed by atoms with Crippen LogP contribution in [0.25, 0.3) is 0 Å². The fourth-order valence-corrected chi connectivity index (χ4v) is 3.10. The summed E-state index contributed by atoms with van der Waals surface area (Å²) in [5.41, 5.74) is 3.91. The van der Waals surface area contributed by atoms with Crippen molar-refractivity contribution in [3.8, 4) is 0 Å². The van der Waals surface area contributed by atoms with E-state index in [4.69, 9.17) is 16.3 Å². The largest absolute Gasteiger partial charge is 0.372 e. The van der Waals surface area contributed by atoms with Gasteiger partial charge in [0.15, 0.2) is 0 Å². The predicted molar refractivity (Wildman–Crippen MR) is 76.8 cm³/mol. The minimum Gasteiger partial charge on any atom is -0.372 e. The molecular weight excluding hydrogens is 244 g/mol. The second-order valence-electron chi connectivity index (χ2n) is 5.23. The summed E-state index contributed by atoms with van der Waals surface area (Å²) in [7, 11) is 0. The average molecular weight is 267 g/mol. The van der Waals surface area contributed by atoms with E-state index in [-0.39, 0.29) is 5.38 Å². The zero-order chi connectivity index (χ0) is 13.0. The molecule has 2 rings (SSSR count). The highest BCUT2D eigenvalue weighted by atomic mass is 35.5. The second-order valence-corrected chi connectivity index (χ2v) is 5.70. The molecule has 0 spiro atoms. The van der Waals surface area contributed by atoms with Gasteiger partial charge in [0.2, 0.25) is 0 Å². The summed E-state index contributed by atoms with van der Waals surface area (Å²) >= 11 is 6.67. The molecule has 1 aliphatic heterocycles. The van der Waals surface area contributed by atoms with Gasteiger partial charge >= 0.3 is 0 Å². The van der Waals surface area contributed by atoms with Crippen molar-refractivity contribution in [2.24, 2.45) is 5.92 Å². The van der Waals surface area contributed by atoms with E-state index < -0.39 is 0 Å². The number of unbranched alkanes of at least 4 members (excludes halogenated alkanes) is 1. The van der Waals surface area contributed by atoms with Crippen LogP contribution >= 0.6 is 11.6 Å². The van der Waals surface area contributed by atoms with Crippen LogP contribution in [0, 0.1) is 5.92 Å². The van der Waals surface area contributed by atoms with E-state index in [1.54, 1.807) is 0 Å². The second kappa shape index (κ2) is 6.58. The zero-order valence-electron chi connectivity index (χ0n) is 11.4. The number of alkyl halides is 1. The van der Waals surface area contributed by atoms with E-state index in [1.807, 2.05) is 0 Å². The topological polar surface area (TPSA) is 9.23 Å². The van der Waals surface area contributed by atoms with Gasteiger partial charge in [-0.2, -0.15) is 0 Å². The summed E-state index contributed by atoms with van der Waals surface area (Å²) in [5, 5.41) is 0.146. The van der Waals surface area contributed by atoms with Gasteiger partial charge in [-0.3, -0.25) is 0 Å². The summed E-state index contributed by atoms with van der Waals surface area (Å²) in [5.74, 6) is 0.590. The SMILES string of the molecule is CCCCC(CC)C(Cl)c1ccc2c(c1)COC2. The van der Waals surface area contributed by atoms with Crippen molar-refractivity contribution < 1.29 is 4.74 Å². The van der Waals surface area contributed by atoms with Crippen molar-refractivity contribution in [2.75, 3.05) is 0 Å². The lowest BCUT2D eigenvalue weighted by molar-refractivity contribution is 0.134. The Hall–Kier alpha value is -0.530. The number of rotatable bonds is 6. The van der Waals surface area contributed by atoms with E-state index in [0.29, 0.717) is 5.92 Å². The lowest BCUT2D eigenvalue weighted by Crippen LogP contribution is -2.07. The molecule has 2 atom stereocenters. The van der Waals surface area contributed by atoms with Crippen LogP contribution in [0.4, 0.5) is 0 Å². The Morgan fingerprint density at radius 3 is 2.72 bits per heavy atom. The normalized spacial score (nSPS) is 17.5. The molecule has 0 radical (unpaired) electrons. The van der Waals surface area contributed by atoms with Crippen LogP contribution in [0.15, 0.2) is 18.2 Å². The van der Waals surface area contributed by atoms with E-state index in [2.05, 4.69) is 32.0 Å². The molecule has 0 aliphatic carbocycles. The quantitative estimate of drug-likeness (QED) is 0.642. The Kier molecular flexibility index (Phi) is 5.08. The van der Waals surface area contributed by atoms with Gasteiger partial charge in [0.05, 0.1) is 18.6 Å². The maximum Gasteiger partial charge on any atom is 0.0725 e. The first-order valence-electron chi connectivity index (χ1n) is 7.09. The molecule has 100 valence electrons. The van der Waals surface area contributed by atoms with Crippen molar-refractivity contribution >= 4 is 11.6 Å². The number of ether oxygens (including phenoxy) is 1. The zero-order valence-corrected chi connectivity index (χ0v) is 12.2. The van der Waals surface area contributed by atoms with Crippen LogP contribution in [0.5, 0.6) is 0 Å². The molecular formula is C16H23ClO. The molecule has 2 heteroatoms. The smallest absolute Gasteiger partial charge is 0.0725 e. The Labute approximate surface area is 115 Å². The molecule has 0 amide bonds. The minimum absolute atomic E-state index is 0.146. The van der Waals surface area contributed by atoms with Gasteiger partial charge in [-0.15, -0.1) is 11.6 Å². The first kappa shape index (κ1) is 13.9. The molecule has 2 unspecified atom stereocenters. The van der Waals surface area contributed by atoms with Gasteiger partial charge in [0, 0.05) is 0 Å². The van der Waals surface area contributed by atoms with E-state index in [9.17, 15) is 0 Å². The third kappa shape index (κ3) is 3.07. The highest BCUT2D eigenvalue weighted by Gasteiger charge is 2.21. The van der Waals surface area contributed by atoms with Crippen LogP contribution < -0.4 is 0 Å². The molecule has 1 heterocycles.